The fourth-order valence-electron chi connectivity index (χ4n) is 2.59. The second-order valence-corrected chi connectivity index (χ2v) is 5.47. The lowest BCUT2D eigenvalue weighted by molar-refractivity contribution is -0.392. The second-order valence-electron chi connectivity index (χ2n) is 5.47. The van der Waals surface area contributed by atoms with Crippen LogP contribution in [0.3, 0.4) is 0 Å². The van der Waals surface area contributed by atoms with E-state index in [1.54, 1.807) is 13.0 Å². The van der Waals surface area contributed by atoms with Crippen LogP contribution in [0, 0.1) is 17.0 Å². The average Bonchev–Trinajstić information content (AvgIpc) is 2.97. The van der Waals surface area contributed by atoms with Crippen molar-refractivity contribution in [3.63, 3.8) is 0 Å². The maximum Gasteiger partial charge on any atom is 0.343 e. The fourth-order valence-corrected chi connectivity index (χ4v) is 2.59. The van der Waals surface area contributed by atoms with Gasteiger partial charge in [0.05, 0.1) is 0 Å². The molecule has 0 bridgehead atoms. The van der Waals surface area contributed by atoms with Crippen LogP contribution in [-0.2, 0) is 11.3 Å². The van der Waals surface area contributed by atoms with Crippen molar-refractivity contribution in [2.45, 2.75) is 13.5 Å². The largest absolute Gasteiger partial charge is 0.358 e. The van der Waals surface area contributed by atoms with Gasteiger partial charge in [-0.25, -0.2) is 9.55 Å². The molecule has 7 nitrogen and oxygen atoms in total. The molecule has 1 heterocycles. The number of nitrogens with zero attached hydrogens (tertiary/aromatic N) is 3. The summed E-state index contributed by atoms with van der Waals surface area (Å²) in [7, 11) is 0. The molecule has 25 heavy (non-hydrogen) atoms. The van der Waals surface area contributed by atoms with Gasteiger partial charge in [-0.15, -0.1) is 0 Å². The van der Waals surface area contributed by atoms with Gasteiger partial charge >= 0.3 is 5.82 Å². The molecule has 0 unspecified atom stereocenters. The van der Waals surface area contributed by atoms with Crippen molar-refractivity contribution in [3.8, 4) is 11.1 Å². The van der Waals surface area contributed by atoms with Crippen molar-refractivity contribution in [2.75, 3.05) is 5.32 Å². The van der Waals surface area contributed by atoms with E-state index in [0.717, 1.165) is 17.3 Å². The van der Waals surface area contributed by atoms with E-state index in [1.165, 1.54) is 4.57 Å². The summed E-state index contributed by atoms with van der Waals surface area (Å²) in [4.78, 5) is 26.8. The number of carbonyl (C=O) groups excluding carboxylic acids is 1. The minimum Gasteiger partial charge on any atom is -0.358 e. The third kappa shape index (κ3) is 3.55. The molecule has 1 N–H and O–H groups in total. The molecule has 126 valence electrons. The van der Waals surface area contributed by atoms with E-state index in [-0.39, 0.29) is 18.3 Å². The third-order valence-electron chi connectivity index (χ3n) is 3.81. The molecule has 0 aliphatic carbocycles. The van der Waals surface area contributed by atoms with E-state index in [1.807, 2.05) is 48.5 Å². The summed E-state index contributed by atoms with van der Waals surface area (Å²) in [6, 6.07) is 17.1. The first-order chi connectivity index (χ1) is 12.1. The maximum absolute atomic E-state index is 12.4. The molecule has 1 aromatic heterocycles. The predicted octanol–water partition coefficient (Wildman–Crippen LogP) is 3.41. The highest BCUT2D eigenvalue weighted by Gasteiger charge is 2.20. The first-order valence-electron chi connectivity index (χ1n) is 7.67. The maximum atomic E-state index is 12.4. The highest BCUT2D eigenvalue weighted by atomic mass is 16.6. The number of aryl methyl sites for hydroxylation is 1. The van der Waals surface area contributed by atoms with Gasteiger partial charge in [0.1, 0.15) is 6.20 Å². The van der Waals surface area contributed by atoms with Crippen LogP contribution in [0.5, 0.6) is 0 Å². The summed E-state index contributed by atoms with van der Waals surface area (Å²) in [5.74, 6) is -0.144. The molecule has 0 atom stereocenters. The van der Waals surface area contributed by atoms with Crippen molar-refractivity contribution >= 4 is 17.4 Å². The molecule has 7 heteroatoms. The number of rotatable bonds is 5. The lowest BCUT2D eigenvalue weighted by atomic mass is 10.0. The number of para-hydroxylation sites is 1. The zero-order valence-corrected chi connectivity index (χ0v) is 13.5. The van der Waals surface area contributed by atoms with Gasteiger partial charge in [0.25, 0.3) is 5.91 Å². The van der Waals surface area contributed by atoms with Crippen LogP contribution in [0.1, 0.15) is 5.82 Å². The van der Waals surface area contributed by atoms with Gasteiger partial charge < -0.3 is 15.4 Å². The van der Waals surface area contributed by atoms with E-state index in [4.69, 9.17) is 0 Å². The van der Waals surface area contributed by atoms with Crippen LogP contribution in [0.2, 0.25) is 0 Å². The molecule has 0 spiro atoms. The number of nitro groups is 1. The highest BCUT2D eigenvalue weighted by Crippen LogP contribution is 2.27. The van der Waals surface area contributed by atoms with Crippen molar-refractivity contribution < 1.29 is 9.72 Å². The predicted molar refractivity (Wildman–Crippen MR) is 94.1 cm³/mol. The van der Waals surface area contributed by atoms with Crippen LogP contribution >= 0.6 is 0 Å². The Balaban J connectivity index is 1.83. The van der Waals surface area contributed by atoms with Crippen molar-refractivity contribution in [2.24, 2.45) is 0 Å². The molecule has 1 amide bonds. The van der Waals surface area contributed by atoms with Crippen molar-refractivity contribution in [3.05, 3.63) is 76.7 Å². The Morgan fingerprint density at radius 1 is 1.16 bits per heavy atom. The lowest BCUT2D eigenvalue weighted by Crippen LogP contribution is -2.20. The molecule has 0 saturated carbocycles. The Kier molecular flexibility index (Phi) is 4.56. The van der Waals surface area contributed by atoms with Gasteiger partial charge in [0.2, 0.25) is 0 Å². The van der Waals surface area contributed by atoms with Crippen molar-refractivity contribution in [1.29, 1.82) is 0 Å². The smallest absolute Gasteiger partial charge is 0.343 e. The summed E-state index contributed by atoms with van der Waals surface area (Å²) in [6.07, 6.45) is 1.15. The molecule has 0 saturated heterocycles. The van der Waals surface area contributed by atoms with Gasteiger partial charge in [-0.2, -0.15) is 0 Å². The highest BCUT2D eigenvalue weighted by molar-refractivity contribution is 5.95. The Hall–Kier alpha value is -3.48. The zero-order valence-electron chi connectivity index (χ0n) is 13.5. The van der Waals surface area contributed by atoms with E-state index in [9.17, 15) is 14.9 Å². The van der Waals surface area contributed by atoms with Crippen LogP contribution < -0.4 is 5.32 Å². The van der Waals surface area contributed by atoms with E-state index < -0.39 is 4.92 Å². The number of carbonyl (C=O) groups is 1. The molecular weight excluding hydrogens is 320 g/mol. The first-order valence-corrected chi connectivity index (χ1v) is 7.67. The van der Waals surface area contributed by atoms with Gasteiger partial charge in [-0.3, -0.25) is 4.79 Å². The zero-order chi connectivity index (χ0) is 17.8. The molecule has 0 fully saturated rings. The van der Waals surface area contributed by atoms with Gasteiger partial charge in [0.15, 0.2) is 12.4 Å². The van der Waals surface area contributed by atoms with E-state index >= 15 is 0 Å². The number of imidazole rings is 1. The number of nitrogens with one attached hydrogen (secondary N) is 1. The van der Waals surface area contributed by atoms with Crippen LogP contribution in [0.15, 0.2) is 60.8 Å². The number of anilines is 1. The van der Waals surface area contributed by atoms with E-state index in [2.05, 4.69) is 10.3 Å². The minimum absolute atomic E-state index is 0.175. The minimum atomic E-state index is -0.550. The van der Waals surface area contributed by atoms with E-state index in [0.29, 0.717) is 11.5 Å². The normalized spacial score (nSPS) is 10.4. The number of hydrogen-bond donors (Lipinski definition) is 1. The number of benzene rings is 2. The Bertz CT molecular complexity index is 919. The summed E-state index contributed by atoms with van der Waals surface area (Å²) in [5, 5.41) is 13.9. The molecule has 3 rings (SSSR count). The Morgan fingerprint density at radius 3 is 2.56 bits per heavy atom. The van der Waals surface area contributed by atoms with Gasteiger partial charge in [-0.1, -0.05) is 48.5 Å². The summed E-state index contributed by atoms with van der Waals surface area (Å²) < 4.78 is 1.28. The summed E-state index contributed by atoms with van der Waals surface area (Å²) >= 11 is 0. The average molecular weight is 336 g/mol. The summed E-state index contributed by atoms with van der Waals surface area (Å²) in [6.45, 7) is 1.45. The standard InChI is InChI=1S/C18H16N4O3/c1-13-19-11-18(22(24)25)21(13)12-17(23)20-16-10-6-5-9-15(16)14-7-3-2-4-8-14/h2-11H,12H2,1H3,(H,20,23). The lowest BCUT2D eigenvalue weighted by Gasteiger charge is -2.11. The molecule has 3 aromatic rings. The molecule has 0 aliphatic heterocycles. The summed E-state index contributed by atoms with van der Waals surface area (Å²) in [5.41, 5.74) is 2.51. The fraction of sp³-hybridized carbons (Fsp3) is 0.111. The quantitative estimate of drug-likeness (QED) is 0.571. The second kappa shape index (κ2) is 6.96. The van der Waals surface area contributed by atoms with Crippen LogP contribution in [-0.4, -0.2) is 20.4 Å². The third-order valence-corrected chi connectivity index (χ3v) is 3.81. The Morgan fingerprint density at radius 2 is 1.84 bits per heavy atom. The molecule has 2 aromatic carbocycles. The molecule has 0 radical (unpaired) electrons. The number of hydrogen-bond acceptors (Lipinski definition) is 4. The van der Waals surface area contributed by atoms with Crippen LogP contribution in [0.25, 0.3) is 11.1 Å². The monoisotopic (exact) mass is 336 g/mol. The van der Waals surface area contributed by atoms with Crippen molar-refractivity contribution in [1.82, 2.24) is 9.55 Å². The first kappa shape index (κ1) is 16.4. The number of amides is 1. The Labute approximate surface area is 144 Å². The molecule has 0 aliphatic rings. The topological polar surface area (TPSA) is 90.1 Å². The van der Waals surface area contributed by atoms with Gasteiger partial charge in [0, 0.05) is 18.2 Å². The molecular formula is C18H16N4O3. The SMILES string of the molecule is Cc1ncc([N+](=O)[O-])n1CC(=O)Nc1ccccc1-c1ccccc1. The van der Waals surface area contributed by atoms with Crippen LogP contribution in [0.4, 0.5) is 11.5 Å². The van der Waals surface area contributed by atoms with Gasteiger partial charge in [-0.05, 0) is 16.6 Å². The number of aromatic nitrogens is 2.